The molecule has 1 aliphatic carbocycles. The number of hydrogen-bond donors (Lipinski definition) is 0. The van der Waals surface area contributed by atoms with Gasteiger partial charge in [-0.15, -0.1) is 0 Å². The second kappa shape index (κ2) is 5.26. The zero-order valence-electron chi connectivity index (χ0n) is 9.30. The maximum atomic E-state index is 11.6. The van der Waals surface area contributed by atoms with Crippen molar-refractivity contribution in [2.75, 3.05) is 0 Å². The summed E-state index contributed by atoms with van der Waals surface area (Å²) in [4.78, 5) is 11.6. The molecular formula is C13H15BrO. The van der Waals surface area contributed by atoms with E-state index in [1.54, 1.807) is 0 Å². The predicted molar refractivity (Wildman–Crippen MR) is 67.3 cm³/mol. The number of carbonyl (C=O) groups excluding carboxylic acids is 1. The lowest BCUT2D eigenvalue weighted by molar-refractivity contribution is 0.103. The summed E-state index contributed by atoms with van der Waals surface area (Å²) >= 11 is 3.39. The van der Waals surface area contributed by atoms with Crippen LogP contribution in [0.15, 0.2) is 34.3 Å². The van der Waals surface area contributed by atoms with Crippen molar-refractivity contribution in [1.82, 2.24) is 0 Å². The fourth-order valence-corrected chi connectivity index (χ4v) is 1.93. The van der Waals surface area contributed by atoms with Gasteiger partial charge in [-0.2, -0.15) is 0 Å². The van der Waals surface area contributed by atoms with E-state index < -0.39 is 0 Å². The Morgan fingerprint density at radius 2 is 1.93 bits per heavy atom. The molecule has 0 atom stereocenters. The Morgan fingerprint density at radius 3 is 2.60 bits per heavy atom. The number of Topliss-reactive ketones (excluding diaryl/α,β-unsaturated/α-hetero) is 1. The summed E-state index contributed by atoms with van der Waals surface area (Å²) in [5.41, 5.74) is 2.82. The molecule has 0 fully saturated rings. The van der Waals surface area contributed by atoms with Gasteiger partial charge < -0.3 is 0 Å². The van der Waals surface area contributed by atoms with Gasteiger partial charge in [0.25, 0.3) is 0 Å². The molecule has 0 aliphatic heterocycles. The summed E-state index contributed by atoms with van der Waals surface area (Å²) < 4.78 is 1.03. The van der Waals surface area contributed by atoms with E-state index in [1.165, 1.54) is 0 Å². The maximum Gasteiger partial charge on any atom is 0.188 e. The van der Waals surface area contributed by atoms with Crippen LogP contribution in [-0.4, -0.2) is 5.78 Å². The van der Waals surface area contributed by atoms with Crippen LogP contribution in [0.25, 0.3) is 0 Å². The Balaban J connectivity index is 0.000000531. The molecule has 0 N–H and O–H groups in total. The molecule has 0 unspecified atom stereocenters. The van der Waals surface area contributed by atoms with Crippen molar-refractivity contribution in [2.45, 2.75) is 27.2 Å². The van der Waals surface area contributed by atoms with Crippen molar-refractivity contribution in [3.05, 3.63) is 45.4 Å². The standard InChI is InChI=1S/C11H9BrO.C2H6/c1-7-2-3-8-6-9(12)4-5-10(8)11(7)13;1-2/h2,4-6H,3H2,1H3;1-2H3. The first-order valence-electron chi connectivity index (χ1n) is 5.18. The molecule has 1 nitrogen and oxygen atoms in total. The van der Waals surface area contributed by atoms with Gasteiger partial charge in [-0.25, -0.2) is 0 Å². The van der Waals surface area contributed by atoms with Crippen molar-refractivity contribution in [1.29, 1.82) is 0 Å². The molecule has 0 heterocycles. The van der Waals surface area contributed by atoms with Crippen LogP contribution in [0.5, 0.6) is 0 Å². The number of allylic oxidation sites excluding steroid dienone is 2. The van der Waals surface area contributed by atoms with Crippen LogP contribution in [0.4, 0.5) is 0 Å². The number of carbonyl (C=O) groups is 1. The first-order chi connectivity index (χ1) is 7.18. The predicted octanol–water partition coefficient (Wildman–Crippen LogP) is 4.16. The second-order valence-electron chi connectivity index (χ2n) is 3.22. The summed E-state index contributed by atoms with van der Waals surface area (Å²) in [5, 5.41) is 0. The molecule has 0 spiro atoms. The highest BCUT2D eigenvalue weighted by atomic mass is 79.9. The molecule has 15 heavy (non-hydrogen) atoms. The van der Waals surface area contributed by atoms with E-state index in [-0.39, 0.29) is 5.78 Å². The first-order valence-corrected chi connectivity index (χ1v) is 5.97. The monoisotopic (exact) mass is 266 g/mol. The number of hydrogen-bond acceptors (Lipinski definition) is 1. The van der Waals surface area contributed by atoms with Crippen LogP contribution in [0.2, 0.25) is 0 Å². The molecule has 0 bridgehead atoms. The molecule has 0 radical (unpaired) electrons. The van der Waals surface area contributed by atoms with Crippen LogP contribution in [0.1, 0.15) is 36.7 Å². The lowest BCUT2D eigenvalue weighted by Crippen LogP contribution is -2.09. The highest BCUT2D eigenvalue weighted by molar-refractivity contribution is 9.10. The third-order valence-electron chi connectivity index (χ3n) is 2.30. The largest absolute Gasteiger partial charge is 0.289 e. The fraction of sp³-hybridized carbons (Fsp3) is 0.308. The molecule has 1 aromatic rings. The number of rotatable bonds is 0. The molecule has 0 amide bonds. The number of ketones is 1. The third kappa shape index (κ3) is 2.57. The molecule has 0 saturated heterocycles. The minimum Gasteiger partial charge on any atom is -0.289 e. The smallest absolute Gasteiger partial charge is 0.188 e. The summed E-state index contributed by atoms with van der Waals surface area (Å²) in [6.07, 6.45) is 2.85. The van der Waals surface area contributed by atoms with E-state index in [9.17, 15) is 4.79 Å². The van der Waals surface area contributed by atoms with E-state index in [2.05, 4.69) is 15.9 Å². The van der Waals surface area contributed by atoms with Crippen molar-refractivity contribution in [3.63, 3.8) is 0 Å². The SMILES string of the molecule is CC.CC1=CCc2cc(Br)ccc2C1=O. The summed E-state index contributed by atoms with van der Waals surface area (Å²) in [6, 6.07) is 5.81. The molecule has 80 valence electrons. The molecule has 1 aromatic carbocycles. The average molecular weight is 267 g/mol. The van der Waals surface area contributed by atoms with Gasteiger partial charge in [-0.3, -0.25) is 4.79 Å². The Labute approximate surface area is 99.3 Å². The second-order valence-corrected chi connectivity index (χ2v) is 4.14. The lowest BCUT2D eigenvalue weighted by Gasteiger charge is -2.13. The highest BCUT2D eigenvalue weighted by Gasteiger charge is 2.16. The van der Waals surface area contributed by atoms with Crippen LogP contribution < -0.4 is 0 Å². The normalized spacial score (nSPS) is 13.6. The van der Waals surface area contributed by atoms with E-state index >= 15 is 0 Å². The van der Waals surface area contributed by atoms with Gasteiger partial charge >= 0.3 is 0 Å². The van der Waals surface area contributed by atoms with Crippen LogP contribution in [-0.2, 0) is 6.42 Å². The molecule has 0 saturated carbocycles. The topological polar surface area (TPSA) is 17.1 Å². The summed E-state index contributed by atoms with van der Waals surface area (Å²) in [5.74, 6) is 0.161. The lowest BCUT2D eigenvalue weighted by atomic mass is 9.91. The van der Waals surface area contributed by atoms with Crippen molar-refractivity contribution >= 4 is 21.7 Å². The minimum absolute atomic E-state index is 0.161. The van der Waals surface area contributed by atoms with Gasteiger partial charge in [0.1, 0.15) is 0 Å². The number of fused-ring (bicyclic) bond motifs is 1. The van der Waals surface area contributed by atoms with E-state index in [4.69, 9.17) is 0 Å². The van der Waals surface area contributed by atoms with Crippen molar-refractivity contribution in [3.8, 4) is 0 Å². The first kappa shape index (κ1) is 12.2. The van der Waals surface area contributed by atoms with Crippen LogP contribution in [0, 0.1) is 0 Å². The fourth-order valence-electron chi connectivity index (χ4n) is 1.52. The number of benzene rings is 1. The van der Waals surface area contributed by atoms with Crippen molar-refractivity contribution in [2.24, 2.45) is 0 Å². The van der Waals surface area contributed by atoms with E-state index in [1.807, 2.05) is 45.0 Å². The van der Waals surface area contributed by atoms with Gasteiger partial charge in [-0.1, -0.05) is 35.9 Å². The highest BCUT2D eigenvalue weighted by Crippen LogP contribution is 2.23. The molecule has 1 aliphatic rings. The summed E-state index contributed by atoms with van der Waals surface area (Å²) in [7, 11) is 0. The van der Waals surface area contributed by atoms with E-state index in [0.717, 1.165) is 27.6 Å². The average Bonchev–Trinajstić information content (AvgIpc) is 2.26. The van der Waals surface area contributed by atoms with Crippen LogP contribution in [0.3, 0.4) is 0 Å². The zero-order valence-corrected chi connectivity index (χ0v) is 10.9. The van der Waals surface area contributed by atoms with Gasteiger partial charge in [0, 0.05) is 10.0 Å². The zero-order chi connectivity index (χ0) is 11.4. The van der Waals surface area contributed by atoms with E-state index in [0.29, 0.717) is 0 Å². The molecule has 2 heteroatoms. The quantitative estimate of drug-likeness (QED) is 0.689. The third-order valence-corrected chi connectivity index (χ3v) is 2.79. The Kier molecular flexibility index (Phi) is 4.28. The van der Waals surface area contributed by atoms with Crippen LogP contribution >= 0.6 is 15.9 Å². The molecular weight excluding hydrogens is 252 g/mol. The molecule has 2 rings (SSSR count). The Hall–Kier alpha value is -0.890. The summed E-state index contributed by atoms with van der Waals surface area (Å²) in [6.45, 7) is 5.87. The maximum absolute atomic E-state index is 11.6. The number of halogens is 1. The van der Waals surface area contributed by atoms with Gasteiger partial charge in [-0.05, 0) is 42.7 Å². The van der Waals surface area contributed by atoms with Crippen molar-refractivity contribution < 1.29 is 4.79 Å². The van der Waals surface area contributed by atoms with Gasteiger partial charge in [0.2, 0.25) is 0 Å². The Morgan fingerprint density at radius 1 is 1.27 bits per heavy atom. The van der Waals surface area contributed by atoms with Gasteiger partial charge in [0.05, 0.1) is 0 Å². The minimum atomic E-state index is 0.161. The van der Waals surface area contributed by atoms with Gasteiger partial charge in [0.15, 0.2) is 5.78 Å². The Bertz CT molecular complexity index is 405. The molecule has 0 aromatic heterocycles.